The molecule has 5 N–H and O–H groups in total. The van der Waals surface area contributed by atoms with Gasteiger partial charge in [0.05, 0.1) is 5.56 Å². The summed E-state index contributed by atoms with van der Waals surface area (Å²) in [6.07, 6.45) is -5.25. The zero-order valence-electron chi connectivity index (χ0n) is 9.55. The Hall–Kier alpha value is -1.58. The van der Waals surface area contributed by atoms with Crippen LogP contribution in [-0.2, 0) is 17.4 Å². The molecule has 1 aromatic rings. The minimum Gasteiger partial charge on any atom is -0.480 e. The number of benzene rings is 1. The van der Waals surface area contributed by atoms with Crippen molar-refractivity contribution in [1.29, 1.82) is 0 Å². The average Bonchev–Trinajstić information content (AvgIpc) is 2.27. The van der Waals surface area contributed by atoms with Crippen molar-refractivity contribution in [1.82, 2.24) is 0 Å². The first-order chi connectivity index (χ1) is 8.62. The molecule has 1 aromatic carbocycles. The molecule has 0 heterocycles. The molecule has 0 amide bonds. The Labute approximate surface area is 106 Å². The monoisotopic (exact) mass is 277 g/mol. The number of hydrogen-bond donors (Lipinski definition) is 4. The molecule has 5 nitrogen and oxygen atoms in total. The summed E-state index contributed by atoms with van der Waals surface area (Å²) in [6.45, 7) is 0. The summed E-state index contributed by atoms with van der Waals surface area (Å²) in [7, 11) is -2.04. The number of carbonyl (C=O) groups is 1. The summed E-state index contributed by atoms with van der Waals surface area (Å²) in [5.41, 5.74) is 3.42. The molecule has 0 spiro atoms. The highest BCUT2D eigenvalue weighted by Gasteiger charge is 2.35. The van der Waals surface area contributed by atoms with Crippen LogP contribution < -0.4 is 11.2 Å². The van der Waals surface area contributed by atoms with Crippen LogP contribution in [-0.4, -0.2) is 34.3 Å². The third-order valence-electron chi connectivity index (χ3n) is 2.49. The number of rotatable bonds is 4. The Bertz CT molecular complexity index is 478. The van der Waals surface area contributed by atoms with Crippen molar-refractivity contribution < 1.29 is 33.1 Å². The van der Waals surface area contributed by atoms with Gasteiger partial charge in [-0.05, 0) is 23.5 Å². The first kappa shape index (κ1) is 15.5. The number of carboxylic acid groups (broad SMARTS) is 1. The van der Waals surface area contributed by atoms with E-state index in [0.717, 1.165) is 12.1 Å². The van der Waals surface area contributed by atoms with Gasteiger partial charge < -0.3 is 20.9 Å². The average molecular weight is 277 g/mol. The number of halogens is 3. The van der Waals surface area contributed by atoms with Crippen molar-refractivity contribution >= 4 is 18.6 Å². The second-order valence-corrected chi connectivity index (χ2v) is 3.94. The van der Waals surface area contributed by atoms with Crippen LogP contribution in [0, 0.1) is 0 Å². The first-order valence-corrected chi connectivity index (χ1v) is 5.17. The van der Waals surface area contributed by atoms with Crippen LogP contribution in [0.3, 0.4) is 0 Å². The van der Waals surface area contributed by atoms with Gasteiger partial charge in [-0.25, -0.2) is 0 Å². The van der Waals surface area contributed by atoms with Crippen LogP contribution in [0.1, 0.15) is 11.1 Å². The zero-order chi connectivity index (χ0) is 14.8. The minimum atomic E-state index is -4.74. The highest BCUT2D eigenvalue weighted by molar-refractivity contribution is 6.58. The second kappa shape index (κ2) is 5.60. The van der Waals surface area contributed by atoms with Crippen molar-refractivity contribution in [2.75, 3.05) is 0 Å². The van der Waals surface area contributed by atoms with E-state index in [-0.39, 0.29) is 11.0 Å². The topological polar surface area (TPSA) is 104 Å². The van der Waals surface area contributed by atoms with Crippen molar-refractivity contribution in [3.05, 3.63) is 29.3 Å². The standard InChI is InChI=1S/C10H11BF3NO4/c12-10(13,14)7-4-6(11(18)19)2-1-5(7)3-8(15)9(16)17/h1-2,4,8,18-19H,3,15H2,(H,16,17)/t8-/m0/s1. The van der Waals surface area contributed by atoms with E-state index < -0.39 is 37.3 Å². The molecule has 1 atom stereocenters. The van der Waals surface area contributed by atoms with Crippen LogP contribution in [0.5, 0.6) is 0 Å². The van der Waals surface area contributed by atoms with Crippen molar-refractivity contribution in [3.8, 4) is 0 Å². The number of carboxylic acids is 1. The largest absolute Gasteiger partial charge is 0.488 e. The summed E-state index contributed by atoms with van der Waals surface area (Å²) in [4.78, 5) is 10.6. The Kier molecular flexibility index (Phi) is 4.56. The molecule has 0 aliphatic carbocycles. The Morgan fingerprint density at radius 3 is 2.37 bits per heavy atom. The highest BCUT2D eigenvalue weighted by Crippen LogP contribution is 2.31. The van der Waals surface area contributed by atoms with Gasteiger partial charge >= 0.3 is 19.3 Å². The molecule has 104 valence electrons. The predicted molar refractivity (Wildman–Crippen MR) is 60.6 cm³/mol. The van der Waals surface area contributed by atoms with Gasteiger partial charge in [0.15, 0.2) is 0 Å². The Morgan fingerprint density at radius 2 is 1.95 bits per heavy atom. The maximum absolute atomic E-state index is 12.8. The maximum atomic E-state index is 12.8. The smallest absolute Gasteiger partial charge is 0.480 e. The molecule has 0 radical (unpaired) electrons. The van der Waals surface area contributed by atoms with E-state index in [2.05, 4.69) is 0 Å². The molecule has 0 aromatic heterocycles. The SMILES string of the molecule is N[C@@H](Cc1ccc(B(O)O)cc1C(F)(F)F)C(=O)O. The van der Waals surface area contributed by atoms with Gasteiger partial charge in [0, 0.05) is 0 Å². The molecule has 1 rings (SSSR count). The van der Waals surface area contributed by atoms with Crippen molar-refractivity contribution in [2.45, 2.75) is 18.6 Å². The quantitative estimate of drug-likeness (QED) is 0.547. The number of hydrogen-bond acceptors (Lipinski definition) is 4. The van der Waals surface area contributed by atoms with Crippen LogP contribution in [0.15, 0.2) is 18.2 Å². The molecular formula is C10H11BF3NO4. The molecule has 19 heavy (non-hydrogen) atoms. The van der Waals surface area contributed by atoms with Gasteiger partial charge in [-0.1, -0.05) is 12.1 Å². The lowest BCUT2D eigenvalue weighted by molar-refractivity contribution is -0.140. The predicted octanol–water partition coefficient (Wildman–Crippen LogP) is -0.660. The fraction of sp³-hybridized carbons (Fsp3) is 0.300. The van der Waals surface area contributed by atoms with Gasteiger partial charge in [0.1, 0.15) is 6.04 Å². The van der Waals surface area contributed by atoms with Crippen LogP contribution in [0.2, 0.25) is 0 Å². The lowest BCUT2D eigenvalue weighted by Gasteiger charge is -2.16. The summed E-state index contributed by atoms with van der Waals surface area (Å²) in [5, 5.41) is 26.3. The first-order valence-electron chi connectivity index (χ1n) is 5.17. The Balaban J connectivity index is 3.20. The van der Waals surface area contributed by atoms with Crippen LogP contribution >= 0.6 is 0 Å². The molecule has 0 saturated carbocycles. The molecule has 0 bridgehead atoms. The van der Waals surface area contributed by atoms with Gasteiger partial charge in [-0.2, -0.15) is 13.2 Å². The number of alkyl halides is 3. The molecule has 0 fully saturated rings. The van der Waals surface area contributed by atoms with E-state index in [0.29, 0.717) is 6.07 Å². The summed E-state index contributed by atoms with van der Waals surface area (Å²) in [6, 6.07) is 1.16. The maximum Gasteiger partial charge on any atom is 0.488 e. The molecular weight excluding hydrogens is 266 g/mol. The van der Waals surface area contributed by atoms with E-state index in [4.69, 9.17) is 20.9 Å². The molecule has 0 aliphatic heterocycles. The summed E-state index contributed by atoms with van der Waals surface area (Å²) < 4.78 is 38.4. The molecule has 0 saturated heterocycles. The lowest BCUT2D eigenvalue weighted by atomic mass is 9.78. The summed E-state index contributed by atoms with van der Waals surface area (Å²) >= 11 is 0. The fourth-order valence-corrected chi connectivity index (χ4v) is 1.52. The van der Waals surface area contributed by atoms with E-state index in [1.165, 1.54) is 0 Å². The third-order valence-corrected chi connectivity index (χ3v) is 2.49. The second-order valence-electron chi connectivity index (χ2n) is 3.94. The van der Waals surface area contributed by atoms with Crippen LogP contribution in [0.4, 0.5) is 13.2 Å². The molecule has 0 aliphatic rings. The van der Waals surface area contributed by atoms with E-state index in [1.807, 2.05) is 0 Å². The number of aliphatic carboxylic acids is 1. The van der Waals surface area contributed by atoms with Gasteiger partial charge in [0.2, 0.25) is 0 Å². The van der Waals surface area contributed by atoms with Crippen molar-refractivity contribution in [2.24, 2.45) is 5.73 Å². The summed E-state index contributed by atoms with van der Waals surface area (Å²) in [5.74, 6) is -1.42. The van der Waals surface area contributed by atoms with Crippen molar-refractivity contribution in [3.63, 3.8) is 0 Å². The third kappa shape index (κ3) is 3.95. The van der Waals surface area contributed by atoms with Gasteiger partial charge in [-0.15, -0.1) is 0 Å². The lowest BCUT2D eigenvalue weighted by Crippen LogP contribution is -2.35. The van der Waals surface area contributed by atoms with E-state index >= 15 is 0 Å². The van der Waals surface area contributed by atoms with E-state index in [9.17, 15) is 18.0 Å². The van der Waals surface area contributed by atoms with Crippen LogP contribution in [0.25, 0.3) is 0 Å². The molecule has 0 unspecified atom stereocenters. The fourth-order valence-electron chi connectivity index (χ4n) is 1.52. The van der Waals surface area contributed by atoms with Gasteiger partial charge in [0.25, 0.3) is 0 Å². The highest BCUT2D eigenvalue weighted by atomic mass is 19.4. The molecule has 9 heteroatoms. The zero-order valence-corrected chi connectivity index (χ0v) is 9.55. The minimum absolute atomic E-state index is 0.313. The van der Waals surface area contributed by atoms with Gasteiger partial charge in [-0.3, -0.25) is 4.79 Å². The normalized spacial score (nSPS) is 13.2. The Morgan fingerprint density at radius 1 is 1.37 bits per heavy atom. The van der Waals surface area contributed by atoms with E-state index in [1.54, 1.807) is 0 Å². The number of nitrogens with two attached hydrogens (primary N) is 1.